The molecule has 0 aliphatic rings. The van der Waals surface area contributed by atoms with Crippen LogP contribution < -0.4 is 20.7 Å². The van der Waals surface area contributed by atoms with E-state index in [-0.39, 0.29) is 12.4 Å². The van der Waals surface area contributed by atoms with Crippen molar-refractivity contribution < 1.29 is 23.0 Å². The van der Waals surface area contributed by atoms with E-state index in [2.05, 4.69) is 20.9 Å². The largest absolute Gasteiger partial charge is 0.492 e. The van der Waals surface area contributed by atoms with Crippen molar-refractivity contribution in [1.82, 2.24) is 16.0 Å². The Bertz CT molecular complexity index is 634. The average Bonchev–Trinajstić information content (AvgIpc) is 2.57. The van der Waals surface area contributed by atoms with E-state index in [4.69, 9.17) is 9.47 Å². The highest BCUT2D eigenvalue weighted by molar-refractivity contribution is 5.79. The van der Waals surface area contributed by atoms with E-state index in [9.17, 15) is 13.6 Å². The summed E-state index contributed by atoms with van der Waals surface area (Å²) in [5, 5.41) is 8.72. The quantitative estimate of drug-likeness (QED) is 0.363. The molecule has 0 spiro atoms. The Hall–Kier alpha value is -2.58. The number of guanidine groups is 1. The fourth-order valence-corrected chi connectivity index (χ4v) is 1.89. The maximum absolute atomic E-state index is 13.1. The number of aliphatic imine (C=N–C) groups is 1. The van der Waals surface area contributed by atoms with Crippen LogP contribution in [0.25, 0.3) is 0 Å². The fourth-order valence-electron chi connectivity index (χ4n) is 1.89. The molecular weight excluding hydrogens is 358 g/mol. The van der Waals surface area contributed by atoms with Crippen LogP contribution in [0.5, 0.6) is 5.75 Å². The van der Waals surface area contributed by atoms with Crippen LogP contribution >= 0.6 is 0 Å². The lowest BCUT2D eigenvalue weighted by molar-refractivity contribution is 0.0529. The first-order chi connectivity index (χ1) is 12.7. The summed E-state index contributed by atoms with van der Waals surface area (Å²) in [6.07, 6.45) is -0.490. The first kappa shape index (κ1) is 22.5. The van der Waals surface area contributed by atoms with E-state index in [0.717, 1.165) is 12.1 Å². The monoisotopic (exact) mass is 386 g/mol. The zero-order chi connectivity index (χ0) is 20.3. The van der Waals surface area contributed by atoms with Crippen LogP contribution in [0.2, 0.25) is 0 Å². The molecule has 0 unspecified atom stereocenters. The van der Waals surface area contributed by atoms with Gasteiger partial charge in [0.1, 0.15) is 18.0 Å². The number of hydrogen-bond acceptors (Lipinski definition) is 4. The third-order valence-corrected chi connectivity index (χ3v) is 2.95. The standard InChI is InChI=1S/C18H28F2N4O3/c1-5-21-16(22-8-9-24-17(25)27-18(2,3)4)23-10-11-26-13-6-7-14(19)15(20)12-13/h6-7,12H,5,8-11H2,1-4H3,(H,24,25)(H2,21,22,23). The van der Waals surface area contributed by atoms with Gasteiger partial charge in [0.2, 0.25) is 0 Å². The van der Waals surface area contributed by atoms with E-state index in [0.29, 0.717) is 32.1 Å². The van der Waals surface area contributed by atoms with Crippen molar-refractivity contribution in [2.45, 2.75) is 33.3 Å². The van der Waals surface area contributed by atoms with E-state index >= 15 is 0 Å². The van der Waals surface area contributed by atoms with Crippen molar-refractivity contribution >= 4 is 12.1 Å². The molecule has 3 N–H and O–H groups in total. The highest BCUT2D eigenvalue weighted by Gasteiger charge is 2.15. The molecule has 0 saturated carbocycles. The molecular formula is C18H28F2N4O3. The number of alkyl carbamates (subject to hydrolysis) is 1. The molecule has 152 valence electrons. The van der Waals surface area contributed by atoms with E-state index in [1.54, 1.807) is 20.8 Å². The van der Waals surface area contributed by atoms with Crippen LogP contribution in [0.1, 0.15) is 27.7 Å². The van der Waals surface area contributed by atoms with Gasteiger partial charge >= 0.3 is 6.09 Å². The van der Waals surface area contributed by atoms with Gasteiger partial charge in [0.15, 0.2) is 17.6 Å². The predicted octanol–water partition coefficient (Wildman–Crippen LogP) is 2.42. The van der Waals surface area contributed by atoms with Crippen LogP contribution in [0.3, 0.4) is 0 Å². The third kappa shape index (κ3) is 10.2. The molecule has 1 amide bonds. The van der Waals surface area contributed by atoms with E-state index < -0.39 is 23.3 Å². The zero-order valence-corrected chi connectivity index (χ0v) is 16.2. The first-order valence-corrected chi connectivity index (χ1v) is 8.78. The van der Waals surface area contributed by atoms with E-state index in [1.807, 2.05) is 6.92 Å². The molecule has 0 radical (unpaired) electrons. The highest BCUT2D eigenvalue weighted by Crippen LogP contribution is 2.14. The Morgan fingerprint density at radius 2 is 1.85 bits per heavy atom. The molecule has 0 atom stereocenters. The van der Waals surface area contributed by atoms with Crippen molar-refractivity contribution in [3.63, 3.8) is 0 Å². The number of hydrogen-bond donors (Lipinski definition) is 3. The van der Waals surface area contributed by atoms with Crippen LogP contribution in [-0.4, -0.2) is 50.4 Å². The van der Waals surface area contributed by atoms with Crippen LogP contribution in [0.15, 0.2) is 23.2 Å². The maximum Gasteiger partial charge on any atom is 0.407 e. The number of benzene rings is 1. The number of carbonyl (C=O) groups excluding carboxylic acids is 1. The normalized spacial score (nSPS) is 11.7. The Morgan fingerprint density at radius 1 is 1.11 bits per heavy atom. The van der Waals surface area contributed by atoms with Gasteiger partial charge in [-0.1, -0.05) is 0 Å². The number of halogens is 2. The maximum atomic E-state index is 13.1. The smallest absolute Gasteiger partial charge is 0.407 e. The van der Waals surface area contributed by atoms with Gasteiger partial charge in [-0.2, -0.15) is 0 Å². The Kier molecular flexibility index (Phi) is 9.32. The SMILES string of the molecule is CCNC(=NCCNC(=O)OC(C)(C)C)NCCOc1ccc(F)c(F)c1. The summed E-state index contributed by atoms with van der Waals surface area (Å²) in [7, 11) is 0. The molecule has 1 rings (SSSR count). The van der Waals surface area contributed by atoms with Gasteiger partial charge in [-0.3, -0.25) is 4.99 Å². The summed E-state index contributed by atoms with van der Waals surface area (Å²) in [5.41, 5.74) is -0.544. The van der Waals surface area contributed by atoms with E-state index in [1.165, 1.54) is 6.07 Å². The second kappa shape index (κ2) is 11.2. The lowest BCUT2D eigenvalue weighted by atomic mass is 10.2. The number of nitrogens with one attached hydrogen (secondary N) is 3. The van der Waals surface area contributed by atoms with Gasteiger partial charge in [0.25, 0.3) is 0 Å². The summed E-state index contributed by atoms with van der Waals surface area (Å²) in [4.78, 5) is 15.9. The Labute approximate surface area is 158 Å². The second-order valence-electron chi connectivity index (χ2n) is 6.54. The number of ether oxygens (including phenoxy) is 2. The molecule has 27 heavy (non-hydrogen) atoms. The fraction of sp³-hybridized carbons (Fsp3) is 0.556. The van der Waals surface area contributed by atoms with Gasteiger partial charge in [-0.15, -0.1) is 0 Å². The molecule has 1 aromatic rings. The van der Waals surface area contributed by atoms with Crippen molar-refractivity contribution in [1.29, 1.82) is 0 Å². The molecule has 0 fully saturated rings. The average molecular weight is 386 g/mol. The topological polar surface area (TPSA) is 84.0 Å². The van der Waals surface area contributed by atoms with Crippen molar-refractivity contribution in [2.24, 2.45) is 4.99 Å². The van der Waals surface area contributed by atoms with Crippen molar-refractivity contribution in [3.8, 4) is 5.75 Å². The van der Waals surface area contributed by atoms with Gasteiger partial charge in [0, 0.05) is 19.2 Å². The summed E-state index contributed by atoms with van der Waals surface area (Å²) < 4.78 is 36.4. The minimum atomic E-state index is -0.951. The number of amides is 1. The highest BCUT2D eigenvalue weighted by atomic mass is 19.2. The van der Waals surface area contributed by atoms with Gasteiger partial charge in [-0.05, 0) is 39.8 Å². The lowest BCUT2D eigenvalue weighted by Gasteiger charge is -2.19. The summed E-state index contributed by atoms with van der Waals surface area (Å²) in [6.45, 7) is 9.30. The minimum absolute atomic E-state index is 0.242. The molecule has 0 heterocycles. The summed E-state index contributed by atoms with van der Waals surface area (Å²) >= 11 is 0. The first-order valence-electron chi connectivity index (χ1n) is 8.78. The number of rotatable bonds is 8. The molecule has 0 aliphatic carbocycles. The molecule has 0 aliphatic heterocycles. The molecule has 7 nitrogen and oxygen atoms in total. The van der Waals surface area contributed by atoms with Crippen LogP contribution in [0, 0.1) is 11.6 Å². The number of carbonyl (C=O) groups is 1. The van der Waals surface area contributed by atoms with Crippen LogP contribution in [0.4, 0.5) is 13.6 Å². The molecule has 0 bridgehead atoms. The third-order valence-electron chi connectivity index (χ3n) is 2.95. The molecule has 9 heteroatoms. The Morgan fingerprint density at radius 3 is 2.48 bits per heavy atom. The predicted molar refractivity (Wildman–Crippen MR) is 100 cm³/mol. The van der Waals surface area contributed by atoms with Crippen molar-refractivity contribution in [3.05, 3.63) is 29.8 Å². The zero-order valence-electron chi connectivity index (χ0n) is 16.2. The summed E-state index contributed by atoms with van der Waals surface area (Å²) in [6, 6.07) is 3.37. The number of nitrogens with zero attached hydrogens (tertiary/aromatic N) is 1. The lowest BCUT2D eigenvalue weighted by Crippen LogP contribution is -2.40. The van der Waals surface area contributed by atoms with Gasteiger partial charge < -0.3 is 25.4 Å². The molecule has 0 aromatic heterocycles. The summed E-state index contributed by atoms with van der Waals surface area (Å²) in [5.74, 6) is -1.06. The van der Waals surface area contributed by atoms with Crippen LogP contribution in [-0.2, 0) is 4.74 Å². The molecule has 1 aromatic carbocycles. The van der Waals surface area contributed by atoms with Gasteiger partial charge in [-0.25, -0.2) is 13.6 Å². The van der Waals surface area contributed by atoms with Gasteiger partial charge in [0.05, 0.1) is 13.1 Å². The Balaban J connectivity index is 2.32. The molecule has 0 saturated heterocycles. The van der Waals surface area contributed by atoms with Crippen molar-refractivity contribution in [2.75, 3.05) is 32.8 Å². The minimum Gasteiger partial charge on any atom is -0.492 e. The second-order valence-corrected chi connectivity index (χ2v) is 6.54.